The molecule has 0 fully saturated rings. The summed E-state index contributed by atoms with van der Waals surface area (Å²) in [7, 11) is 0. The summed E-state index contributed by atoms with van der Waals surface area (Å²) in [6.45, 7) is 10.5. The molecule has 0 saturated heterocycles. The maximum absolute atomic E-state index is 12.1. The lowest BCUT2D eigenvalue weighted by atomic mass is 9.97. The Morgan fingerprint density at radius 2 is 1.07 bits per heavy atom. The van der Waals surface area contributed by atoms with Gasteiger partial charge in [-0.2, -0.15) is 0 Å². The molecule has 4 N–H and O–H groups in total. The summed E-state index contributed by atoms with van der Waals surface area (Å²) in [5, 5.41) is 40.8. The molecule has 0 spiro atoms. The zero-order valence-electron chi connectivity index (χ0n) is 27.2. The van der Waals surface area contributed by atoms with Crippen molar-refractivity contribution in [3.8, 4) is 11.5 Å². The molecule has 0 saturated carbocycles. The van der Waals surface area contributed by atoms with Crippen LogP contribution in [0.3, 0.4) is 0 Å². The molecule has 252 valence electrons. The fraction of sp³-hybridized carbons (Fsp3) is 0.588. The lowest BCUT2D eigenvalue weighted by molar-refractivity contribution is -0.0165. The number of hydrogen-bond donors (Lipinski definition) is 4. The average Bonchev–Trinajstić information content (AvgIpc) is 2.98. The van der Waals surface area contributed by atoms with E-state index in [1.165, 1.54) is 27.7 Å². The van der Waals surface area contributed by atoms with Crippen LogP contribution < -0.4 is 9.47 Å². The van der Waals surface area contributed by atoms with Crippen LogP contribution in [-0.2, 0) is 9.47 Å². The molecule has 0 amide bonds. The molecule has 0 bridgehead atoms. The van der Waals surface area contributed by atoms with Gasteiger partial charge in [-0.1, -0.05) is 13.3 Å². The number of ketones is 2. The van der Waals surface area contributed by atoms with Gasteiger partial charge in [-0.3, -0.25) is 14.5 Å². The molecule has 2 unspecified atom stereocenters. The van der Waals surface area contributed by atoms with Crippen molar-refractivity contribution in [2.24, 2.45) is 0 Å². The number of carbonyl (C=O) groups is 2. The van der Waals surface area contributed by atoms with E-state index < -0.39 is 23.4 Å². The Morgan fingerprint density at radius 1 is 0.689 bits per heavy atom. The van der Waals surface area contributed by atoms with Gasteiger partial charge in [0, 0.05) is 24.2 Å². The van der Waals surface area contributed by atoms with Gasteiger partial charge >= 0.3 is 0 Å². The minimum absolute atomic E-state index is 0.113. The summed E-state index contributed by atoms with van der Waals surface area (Å²) in [5.74, 6) is 0.394. The van der Waals surface area contributed by atoms with Crippen LogP contribution in [-0.4, -0.2) is 120 Å². The quantitative estimate of drug-likeness (QED) is 0.105. The van der Waals surface area contributed by atoms with Crippen molar-refractivity contribution in [3.63, 3.8) is 0 Å². The summed E-state index contributed by atoms with van der Waals surface area (Å²) in [4.78, 5) is 26.2. The largest absolute Gasteiger partial charge is 0.491 e. The molecule has 2 aromatic rings. The first-order valence-electron chi connectivity index (χ1n) is 15.4. The summed E-state index contributed by atoms with van der Waals surface area (Å²) >= 11 is 0. The van der Waals surface area contributed by atoms with E-state index in [4.69, 9.17) is 18.9 Å². The summed E-state index contributed by atoms with van der Waals surface area (Å²) in [6, 6.07) is 13.0. The fourth-order valence-corrected chi connectivity index (χ4v) is 4.33. The van der Waals surface area contributed by atoms with Crippen molar-refractivity contribution < 1.29 is 49.0 Å². The van der Waals surface area contributed by atoms with Crippen LogP contribution in [0, 0.1) is 0 Å². The van der Waals surface area contributed by atoms with Gasteiger partial charge in [0.15, 0.2) is 11.6 Å². The predicted molar refractivity (Wildman–Crippen MR) is 170 cm³/mol. The standard InChI is InChI=1S/C34H51NO10/c1-6-7-16-35(21-27(36)23-42-17-19-44-29-12-8-25(9-13-29)31(38)33(2,3)40)22-28(37)24-43-18-20-45-30-14-10-26(11-15-30)32(39)34(4,5)41/h8-15,27-28,36-37,40-41H,6-7,16-24H2,1-5H3. The SMILES string of the molecule is CCCCN(CC(O)COCCOc1ccc(C(=O)C(C)(C)O)cc1)CC(O)COCCOc1ccc(C(=O)C(C)(C)O)cc1. The maximum Gasteiger partial charge on any atom is 0.193 e. The minimum Gasteiger partial charge on any atom is -0.491 e. The normalized spacial score (nSPS) is 13.5. The van der Waals surface area contributed by atoms with Gasteiger partial charge < -0.3 is 39.4 Å². The molecule has 2 atom stereocenters. The van der Waals surface area contributed by atoms with Crippen LogP contribution in [0.5, 0.6) is 11.5 Å². The number of rotatable bonds is 23. The second-order valence-electron chi connectivity index (χ2n) is 12.1. The Hall–Kier alpha value is -2.90. The van der Waals surface area contributed by atoms with E-state index in [-0.39, 0.29) is 51.2 Å². The lowest BCUT2D eigenvalue weighted by Gasteiger charge is -2.27. The Bertz CT molecular complexity index is 1050. The Balaban J connectivity index is 1.64. The van der Waals surface area contributed by atoms with Gasteiger partial charge in [0.25, 0.3) is 0 Å². The lowest BCUT2D eigenvalue weighted by Crippen LogP contribution is -2.41. The average molecular weight is 634 g/mol. The first-order chi connectivity index (χ1) is 21.2. The Morgan fingerprint density at radius 3 is 1.40 bits per heavy atom. The van der Waals surface area contributed by atoms with Crippen LogP contribution in [0.1, 0.15) is 68.2 Å². The molecule has 45 heavy (non-hydrogen) atoms. The number of nitrogens with zero attached hydrogens (tertiary/aromatic N) is 1. The van der Waals surface area contributed by atoms with Crippen LogP contribution >= 0.6 is 0 Å². The van der Waals surface area contributed by atoms with Crippen LogP contribution in [0.4, 0.5) is 0 Å². The van der Waals surface area contributed by atoms with Crippen molar-refractivity contribution in [1.29, 1.82) is 0 Å². The monoisotopic (exact) mass is 633 g/mol. The van der Waals surface area contributed by atoms with E-state index in [1.807, 2.05) is 4.90 Å². The third kappa shape index (κ3) is 14.8. The van der Waals surface area contributed by atoms with E-state index >= 15 is 0 Å². The summed E-state index contributed by atoms with van der Waals surface area (Å²) < 4.78 is 22.4. The Kier molecular flexibility index (Phi) is 16.1. The first-order valence-corrected chi connectivity index (χ1v) is 15.4. The molecular weight excluding hydrogens is 582 g/mol. The molecule has 0 heterocycles. The van der Waals surface area contributed by atoms with Gasteiger partial charge in [-0.25, -0.2) is 0 Å². The predicted octanol–water partition coefficient (Wildman–Crippen LogP) is 2.91. The Labute approximate surface area is 266 Å². The topological polar surface area (TPSA) is 155 Å². The third-order valence-electron chi connectivity index (χ3n) is 6.72. The van der Waals surface area contributed by atoms with Crippen LogP contribution in [0.15, 0.2) is 48.5 Å². The number of benzene rings is 2. The number of aliphatic hydroxyl groups excluding tert-OH is 2. The van der Waals surface area contributed by atoms with E-state index in [9.17, 15) is 30.0 Å². The van der Waals surface area contributed by atoms with Crippen molar-refractivity contribution in [2.75, 3.05) is 59.3 Å². The highest BCUT2D eigenvalue weighted by molar-refractivity contribution is 6.02. The third-order valence-corrected chi connectivity index (χ3v) is 6.72. The second kappa shape index (κ2) is 18.9. The molecule has 0 aliphatic heterocycles. The van der Waals surface area contributed by atoms with Gasteiger partial charge in [0.2, 0.25) is 0 Å². The van der Waals surface area contributed by atoms with Gasteiger partial charge in [0.05, 0.1) is 38.6 Å². The van der Waals surface area contributed by atoms with E-state index in [0.717, 1.165) is 19.4 Å². The number of ether oxygens (including phenoxy) is 4. The highest BCUT2D eigenvalue weighted by Crippen LogP contribution is 2.18. The van der Waals surface area contributed by atoms with Crippen molar-refractivity contribution >= 4 is 11.6 Å². The molecule has 2 aromatic carbocycles. The first kappa shape index (κ1) is 38.3. The molecule has 11 heteroatoms. The van der Waals surface area contributed by atoms with E-state index in [1.54, 1.807) is 48.5 Å². The molecule has 11 nitrogen and oxygen atoms in total. The highest BCUT2D eigenvalue weighted by atomic mass is 16.5. The van der Waals surface area contributed by atoms with Gasteiger partial charge in [-0.05, 0) is 89.2 Å². The molecule has 0 aromatic heterocycles. The molecule has 0 radical (unpaired) electrons. The fourth-order valence-electron chi connectivity index (χ4n) is 4.33. The van der Waals surface area contributed by atoms with Crippen molar-refractivity contribution in [2.45, 2.75) is 70.9 Å². The molecule has 0 aliphatic carbocycles. The van der Waals surface area contributed by atoms with Gasteiger partial charge in [0.1, 0.15) is 35.9 Å². The number of hydrogen-bond acceptors (Lipinski definition) is 11. The zero-order valence-corrected chi connectivity index (χ0v) is 27.2. The molecule has 0 aliphatic rings. The number of Topliss-reactive ketones (excluding diaryl/α,β-unsaturated/α-hetero) is 2. The minimum atomic E-state index is -1.44. The van der Waals surface area contributed by atoms with Crippen molar-refractivity contribution in [3.05, 3.63) is 59.7 Å². The van der Waals surface area contributed by atoms with E-state index in [2.05, 4.69) is 6.92 Å². The number of carbonyl (C=O) groups excluding carboxylic acids is 2. The van der Waals surface area contributed by atoms with Crippen LogP contribution in [0.2, 0.25) is 0 Å². The summed E-state index contributed by atoms with van der Waals surface area (Å²) in [6.07, 6.45) is 0.397. The highest BCUT2D eigenvalue weighted by Gasteiger charge is 2.26. The molecular formula is C34H51NO10. The molecule has 2 rings (SSSR count). The van der Waals surface area contributed by atoms with E-state index in [0.29, 0.717) is 35.7 Å². The smallest absolute Gasteiger partial charge is 0.193 e. The zero-order chi connectivity index (χ0) is 33.5. The number of unbranched alkanes of at least 4 members (excludes halogenated alkanes) is 1. The summed E-state index contributed by atoms with van der Waals surface area (Å²) in [5.41, 5.74) is -2.08. The van der Waals surface area contributed by atoms with Crippen molar-refractivity contribution in [1.82, 2.24) is 4.90 Å². The van der Waals surface area contributed by atoms with Crippen LogP contribution in [0.25, 0.3) is 0 Å². The maximum atomic E-state index is 12.1. The number of aliphatic hydroxyl groups is 4. The van der Waals surface area contributed by atoms with Gasteiger partial charge in [-0.15, -0.1) is 0 Å². The second-order valence-corrected chi connectivity index (χ2v) is 12.1.